The van der Waals surface area contributed by atoms with Crippen molar-refractivity contribution in [3.63, 3.8) is 0 Å². The number of pyridine rings is 1. The number of nitrogens with zero attached hydrogens (tertiary/aromatic N) is 1. The van der Waals surface area contributed by atoms with Gasteiger partial charge in [0.2, 0.25) is 5.43 Å². The summed E-state index contributed by atoms with van der Waals surface area (Å²) >= 11 is 0. The summed E-state index contributed by atoms with van der Waals surface area (Å²) in [5.74, 6) is -9.22. The molecule has 2 atom stereocenters. The number of esters is 1. The molecule has 3 rings (SSSR count). The lowest BCUT2D eigenvalue weighted by molar-refractivity contribution is 0.0524. The SMILES string of the molecule is CCOC(=O)c1cn(C2CC2F)c2c(F)c(F)c(F)c(F)c2c1=O. The summed E-state index contributed by atoms with van der Waals surface area (Å²) < 4.78 is 73.9. The summed E-state index contributed by atoms with van der Waals surface area (Å²) in [6.07, 6.45) is -0.756. The van der Waals surface area contributed by atoms with Gasteiger partial charge in [0.15, 0.2) is 23.3 Å². The van der Waals surface area contributed by atoms with Gasteiger partial charge in [-0.3, -0.25) is 4.79 Å². The smallest absolute Gasteiger partial charge is 0.343 e. The fraction of sp³-hybridized carbons (Fsp3) is 0.333. The Morgan fingerprint density at radius 2 is 1.79 bits per heavy atom. The maximum Gasteiger partial charge on any atom is 0.343 e. The van der Waals surface area contributed by atoms with Crippen LogP contribution in [0.5, 0.6) is 0 Å². The fourth-order valence-corrected chi connectivity index (χ4v) is 2.52. The Balaban J connectivity index is 2.45. The number of rotatable bonds is 3. The van der Waals surface area contributed by atoms with E-state index in [-0.39, 0.29) is 13.0 Å². The van der Waals surface area contributed by atoms with Crippen LogP contribution in [-0.4, -0.2) is 23.3 Å². The summed E-state index contributed by atoms with van der Waals surface area (Å²) in [6, 6.07) is -1.01. The minimum Gasteiger partial charge on any atom is -0.462 e. The van der Waals surface area contributed by atoms with E-state index in [1.165, 1.54) is 6.92 Å². The average molecular weight is 347 g/mol. The molecular formula is C15H10F5NO3. The van der Waals surface area contributed by atoms with Crippen molar-refractivity contribution in [1.29, 1.82) is 0 Å². The molecule has 1 saturated carbocycles. The predicted octanol–water partition coefficient (Wildman–Crippen LogP) is 3.02. The van der Waals surface area contributed by atoms with E-state index in [0.29, 0.717) is 0 Å². The fourth-order valence-electron chi connectivity index (χ4n) is 2.52. The Hall–Kier alpha value is -2.45. The lowest BCUT2D eigenvalue weighted by Crippen LogP contribution is -2.23. The molecule has 1 fully saturated rings. The van der Waals surface area contributed by atoms with E-state index in [4.69, 9.17) is 0 Å². The van der Waals surface area contributed by atoms with Crippen LogP contribution in [0.25, 0.3) is 10.9 Å². The molecule has 2 unspecified atom stereocenters. The van der Waals surface area contributed by atoms with Gasteiger partial charge in [0, 0.05) is 12.6 Å². The topological polar surface area (TPSA) is 48.3 Å². The van der Waals surface area contributed by atoms with Gasteiger partial charge in [-0.15, -0.1) is 0 Å². The molecule has 0 radical (unpaired) electrons. The van der Waals surface area contributed by atoms with Crippen LogP contribution < -0.4 is 5.43 Å². The summed E-state index contributed by atoms with van der Waals surface area (Å²) in [5.41, 5.74) is -2.99. The van der Waals surface area contributed by atoms with Crippen molar-refractivity contribution in [3.05, 3.63) is 45.3 Å². The number of aromatic nitrogens is 1. The molecule has 0 spiro atoms. The van der Waals surface area contributed by atoms with Crippen molar-refractivity contribution < 1.29 is 31.5 Å². The lowest BCUT2D eigenvalue weighted by atomic mass is 10.1. The molecule has 4 nitrogen and oxygen atoms in total. The minimum atomic E-state index is -2.18. The first-order valence-electron chi connectivity index (χ1n) is 7.01. The molecule has 0 saturated heterocycles. The molecule has 1 aliphatic rings. The maximum absolute atomic E-state index is 14.1. The molecule has 9 heteroatoms. The molecule has 128 valence electrons. The van der Waals surface area contributed by atoms with E-state index in [0.717, 1.165) is 10.8 Å². The number of carbonyl (C=O) groups excluding carboxylic acids is 1. The van der Waals surface area contributed by atoms with Crippen LogP contribution in [0.2, 0.25) is 0 Å². The van der Waals surface area contributed by atoms with Crippen LogP contribution >= 0.6 is 0 Å². The molecular weight excluding hydrogens is 337 g/mol. The number of hydrogen-bond donors (Lipinski definition) is 0. The molecule has 2 aromatic rings. The number of halogens is 5. The molecule has 1 aromatic carbocycles. The number of fused-ring (bicyclic) bond motifs is 1. The largest absolute Gasteiger partial charge is 0.462 e. The molecule has 0 bridgehead atoms. The first-order valence-corrected chi connectivity index (χ1v) is 7.01. The number of hydrogen-bond acceptors (Lipinski definition) is 3. The Labute approximate surface area is 131 Å². The molecule has 0 N–H and O–H groups in total. The van der Waals surface area contributed by atoms with Crippen molar-refractivity contribution >= 4 is 16.9 Å². The highest BCUT2D eigenvalue weighted by molar-refractivity contribution is 5.94. The second-order valence-corrected chi connectivity index (χ2v) is 5.30. The lowest BCUT2D eigenvalue weighted by Gasteiger charge is -2.14. The third-order valence-electron chi connectivity index (χ3n) is 3.77. The van der Waals surface area contributed by atoms with Gasteiger partial charge in [0.05, 0.1) is 23.6 Å². The maximum atomic E-state index is 14.1. The number of alkyl halides is 1. The Bertz CT molecular complexity index is 924. The highest BCUT2D eigenvalue weighted by atomic mass is 19.2. The summed E-state index contributed by atoms with van der Waals surface area (Å²) in [4.78, 5) is 24.1. The second kappa shape index (κ2) is 5.57. The van der Waals surface area contributed by atoms with E-state index in [9.17, 15) is 31.5 Å². The van der Waals surface area contributed by atoms with Crippen molar-refractivity contribution in [2.75, 3.05) is 6.61 Å². The monoisotopic (exact) mass is 347 g/mol. The van der Waals surface area contributed by atoms with Crippen molar-refractivity contribution in [1.82, 2.24) is 4.57 Å². The van der Waals surface area contributed by atoms with E-state index >= 15 is 0 Å². The van der Waals surface area contributed by atoms with Crippen molar-refractivity contribution in [2.24, 2.45) is 0 Å². The molecule has 1 heterocycles. The molecule has 0 amide bonds. The van der Waals surface area contributed by atoms with Gasteiger partial charge >= 0.3 is 5.97 Å². The zero-order chi connectivity index (χ0) is 17.8. The Morgan fingerprint density at radius 1 is 1.21 bits per heavy atom. The van der Waals surface area contributed by atoms with Gasteiger partial charge < -0.3 is 9.30 Å². The quantitative estimate of drug-likeness (QED) is 0.371. The van der Waals surface area contributed by atoms with E-state index in [1.807, 2.05) is 0 Å². The molecule has 1 aromatic heterocycles. The van der Waals surface area contributed by atoms with Crippen LogP contribution in [0.3, 0.4) is 0 Å². The summed E-state index contributed by atoms with van der Waals surface area (Å²) in [6.45, 7) is 1.34. The highest BCUT2D eigenvalue weighted by Gasteiger charge is 2.41. The van der Waals surface area contributed by atoms with Crippen LogP contribution in [0.1, 0.15) is 29.7 Å². The predicted molar refractivity (Wildman–Crippen MR) is 72.5 cm³/mol. The molecule has 0 aliphatic heterocycles. The van der Waals surface area contributed by atoms with Gasteiger partial charge in [0.1, 0.15) is 11.7 Å². The summed E-state index contributed by atoms with van der Waals surface area (Å²) in [7, 11) is 0. The van der Waals surface area contributed by atoms with E-state index in [1.54, 1.807) is 0 Å². The standard InChI is InChI=1S/C15H10F5NO3/c1-2-24-15(23)5-4-21(7-3-6(7)16)13-8(14(5)22)9(17)10(18)11(19)12(13)20/h4,6-7H,2-3H2,1H3. The van der Waals surface area contributed by atoms with Gasteiger partial charge in [-0.25, -0.2) is 26.7 Å². The van der Waals surface area contributed by atoms with Crippen LogP contribution in [0, 0.1) is 23.3 Å². The number of ether oxygens (including phenoxy) is 1. The third-order valence-corrected chi connectivity index (χ3v) is 3.77. The molecule has 1 aliphatic carbocycles. The minimum absolute atomic E-state index is 0.0969. The van der Waals surface area contributed by atoms with E-state index < -0.39 is 63.3 Å². The number of benzene rings is 1. The summed E-state index contributed by atoms with van der Waals surface area (Å²) in [5, 5.41) is -1.16. The normalized spacial score (nSPS) is 19.6. The van der Waals surface area contributed by atoms with Gasteiger partial charge in [0.25, 0.3) is 0 Å². The second-order valence-electron chi connectivity index (χ2n) is 5.30. The zero-order valence-corrected chi connectivity index (χ0v) is 12.2. The van der Waals surface area contributed by atoms with Crippen LogP contribution in [-0.2, 0) is 4.74 Å². The highest BCUT2D eigenvalue weighted by Crippen LogP contribution is 2.41. The van der Waals surface area contributed by atoms with Crippen molar-refractivity contribution in [3.8, 4) is 0 Å². The van der Waals surface area contributed by atoms with E-state index in [2.05, 4.69) is 4.74 Å². The number of carbonyl (C=O) groups is 1. The van der Waals surface area contributed by atoms with Crippen LogP contribution in [0.4, 0.5) is 22.0 Å². The van der Waals surface area contributed by atoms with Gasteiger partial charge in [-0.2, -0.15) is 0 Å². The average Bonchev–Trinajstić information content (AvgIpc) is 3.27. The van der Waals surface area contributed by atoms with Gasteiger partial charge in [-0.1, -0.05) is 0 Å². The van der Waals surface area contributed by atoms with Crippen LogP contribution in [0.15, 0.2) is 11.0 Å². The molecule has 24 heavy (non-hydrogen) atoms. The first-order chi connectivity index (χ1) is 11.3. The third kappa shape index (κ3) is 2.26. The van der Waals surface area contributed by atoms with Gasteiger partial charge in [-0.05, 0) is 6.92 Å². The first kappa shape index (κ1) is 16.4. The Kier molecular flexibility index (Phi) is 3.81. The Morgan fingerprint density at radius 3 is 2.33 bits per heavy atom. The van der Waals surface area contributed by atoms with Crippen molar-refractivity contribution in [2.45, 2.75) is 25.6 Å². The zero-order valence-electron chi connectivity index (χ0n) is 12.2.